The summed E-state index contributed by atoms with van der Waals surface area (Å²) in [7, 11) is 0. The lowest BCUT2D eigenvalue weighted by molar-refractivity contribution is 0.475. The summed E-state index contributed by atoms with van der Waals surface area (Å²) in [5, 5.41) is 11.2. The van der Waals surface area contributed by atoms with E-state index in [4.69, 9.17) is 23.2 Å². The number of hydrogen-bond acceptors (Lipinski definition) is 4. The molecule has 3 rings (SSSR count). The summed E-state index contributed by atoms with van der Waals surface area (Å²) in [6.07, 6.45) is 1.52. The van der Waals surface area contributed by atoms with Gasteiger partial charge < -0.3 is 5.11 Å². The first-order valence-electron chi connectivity index (χ1n) is 6.54. The van der Waals surface area contributed by atoms with Crippen LogP contribution in [-0.4, -0.2) is 16.3 Å². The average molecular weight is 351 g/mol. The molecule has 0 amide bonds. The van der Waals surface area contributed by atoms with Crippen LogP contribution in [0.3, 0.4) is 0 Å². The van der Waals surface area contributed by atoms with Gasteiger partial charge in [0.25, 0.3) is 0 Å². The Bertz CT molecular complexity index is 903. The monoisotopic (exact) mass is 350 g/mol. The highest BCUT2D eigenvalue weighted by Gasteiger charge is 2.08. The van der Waals surface area contributed by atoms with Crippen molar-refractivity contribution < 1.29 is 5.11 Å². The third-order valence-electron chi connectivity index (χ3n) is 3.19. The van der Waals surface area contributed by atoms with Gasteiger partial charge in [-0.05, 0) is 43.2 Å². The van der Waals surface area contributed by atoms with E-state index in [1.54, 1.807) is 6.07 Å². The van der Waals surface area contributed by atoms with Gasteiger partial charge in [-0.1, -0.05) is 40.6 Å². The number of hydrogen-bond donors (Lipinski definition) is 1. The molecular formula is C16H12Cl2N2OS. The molecule has 1 N–H and O–H groups in total. The van der Waals surface area contributed by atoms with Gasteiger partial charge in [0.1, 0.15) is 5.75 Å². The van der Waals surface area contributed by atoms with Crippen LogP contribution >= 0.6 is 34.5 Å². The van der Waals surface area contributed by atoms with E-state index in [2.05, 4.69) is 29.0 Å². The van der Waals surface area contributed by atoms with Gasteiger partial charge in [-0.25, -0.2) is 9.98 Å². The van der Waals surface area contributed by atoms with Crippen molar-refractivity contribution in [1.82, 2.24) is 4.98 Å². The number of fused-ring (bicyclic) bond motifs is 1. The maximum Gasteiger partial charge on any atom is 0.210 e. The minimum Gasteiger partial charge on any atom is -0.506 e. The Morgan fingerprint density at radius 2 is 1.95 bits per heavy atom. The molecule has 0 unspecified atom stereocenters. The molecule has 3 nitrogen and oxygen atoms in total. The lowest BCUT2D eigenvalue weighted by atomic mass is 10.1. The standard InChI is InChI=1S/C16H12Cl2N2OS/c1-8-3-9(2)14-13(4-8)22-16(20-14)19-7-10-5-11(17)6-12(18)15(10)21/h3-7,21H,1-2H3/b19-7+. The molecule has 0 fully saturated rings. The fourth-order valence-electron chi connectivity index (χ4n) is 2.22. The van der Waals surface area contributed by atoms with Crippen molar-refractivity contribution in [2.45, 2.75) is 13.8 Å². The first-order valence-corrected chi connectivity index (χ1v) is 8.11. The fourth-order valence-corrected chi connectivity index (χ4v) is 3.72. The molecule has 0 atom stereocenters. The molecule has 0 bridgehead atoms. The van der Waals surface area contributed by atoms with Crippen molar-refractivity contribution >= 4 is 56.1 Å². The fraction of sp³-hybridized carbons (Fsp3) is 0.125. The summed E-state index contributed by atoms with van der Waals surface area (Å²) in [5.41, 5.74) is 3.74. The van der Waals surface area contributed by atoms with Crippen molar-refractivity contribution in [3.05, 3.63) is 51.0 Å². The number of phenols is 1. The number of aromatic hydroxyl groups is 1. The molecular weight excluding hydrogens is 339 g/mol. The topological polar surface area (TPSA) is 45.5 Å². The van der Waals surface area contributed by atoms with E-state index in [0.29, 0.717) is 15.7 Å². The Morgan fingerprint density at radius 1 is 1.18 bits per heavy atom. The molecule has 3 aromatic rings. The van der Waals surface area contributed by atoms with E-state index in [-0.39, 0.29) is 10.8 Å². The van der Waals surface area contributed by atoms with Crippen LogP contribution in [-0.2, 0) is 0 Å². The zero-order valence-electron chi connectivity index (χ0n) is 11.9. The van der Waals surface area contributed by atoms with Gasteiger partial charge in [-0.3, -0.25) is 0 Å². The Labute approximate surface area is 141 Å². The summed E-state index contributed by atoms with van der Waals surface area (Å²) in [6.45, 7) is 4.09. The molecule has 2 aromatic carbocycles. The second-order valence-electron chi connectivity index (χ2n) is 5.01. The third kappa shape index (κ3) is 2.95. The summed E-state index contributed by atoms with van der Waals surface area (Å²) in [6, 6.07) is 7.28. The Balaban J connectivity index is 2.01. The molecule has 0 aliphatic carbocycles. The van der Waals surface area contributed by atoms with Gasteiger partial charge in [0.2, 0.25) is 5.13 Å². The van der Waals surface area contributed by atoms with Gasteiger partial charge in [0, 0.05) is 16.8 Å². The number of aryl methyl sites for hydroxylation is 2. The Hall–Kier alpha value is -1.62. The van der Waals surface area contributed by atoms with Crippen molar-refractivity contribution in [3.8, 4) is 5.75 Å². The number of aromatic nitrogens is 1. The summed E-state index contributed by atoms with van der Waals surface area (Å²) in [5.74, 6) is -0.0389. The van der Waals surface area contributed by atoms with E-state index in [1.807, 2.05) is 6.92 Å². The van der Waals surface area contributed by atoms with Crippen LogP contribution in [0, 0.1) is 13.8 Å². The maximum absolute atomic E-state index is 9.92. The van der Waals surface area contributed by atoms with Gasteiger partial charge in [-0.2, -0.15) is 0 Å². The number of nitrogens with zero attached hydrogens (tertiary/aromatic N) is 2. The minimum atomic E-state index is -0.0389. The van der Waals surface area contributed by atoms with E-state index < -0.39 is 0 Å². The predicted molar refractivity (Wildman–Crippen MR) is 94.5 cm³/mol. The molecule has 0 aliphatic heterocycles. The highest BCUT2D eigenvalue weighted by Crippen LogP contribution is 2.33. The van der Waals surface area contributed by atoms with Crippen LogP contribution < -0.4 is 0 Å². The molecule has 22 heavy (non-hydrogen) atoms. The first-order chi connectivity index (χ1) is 10.4. The smallest absolute Gasteiger partial charge is 0.210 e. The van der Waals surface area contributed by atoms with Gasteiger partial charge in [-0.15, -0.1) is 0 Å². The number of benzene rings is 2. The predicted octanol–water partition coefficient (Wildman–Crippen LogP) is 5.68. The Morgan fingerprint density at radius 3 is 2.73 bits per heavy atom. The van der Waals surface area contributed by atoms with Crippen LogP contribution in [0.5, 0.6) is 5.75 Å². The lowest BCUT2D eigenvalue weighted by Gasteiger charge is -2.01. The number of phenolic OH excluding ortho intramolecular Hbond substituents is 1. The zero-order valence-corrected chi connectivity index (χ0v) is 14.2. The Kier molecular flexibility index (Phi) is 4.08. The van der Waals surface area contributed by atoms with Crippen LogP contribution in [0.25, 0.3) is 10.2 Å². The molecule has 6 heteroatoms. The summed E-state index contributed by atoms with van der Waals surface area (Å²) < 4.78 is 1.10. The molecule has 0 aliphatic rings. The zero-order chi connectivity index (χ0) is 15.9. The van der Waals surface area contributed by atoms with E-state index >= 15 is 0 Å². The van der Waals surface area contributed by atoms with Crippen molar-refractivity contribution in [1.29, 1.82) is 0 Å². The second kappa shape index (κ2) is 5.88. The van der Waals surface area contributed by atoms with E-state index in [0.717, 1.165) is 15.8 Å². The normalized spacial score (nSPS) is 11.6. The first kappa shape index (κ1) is 15.3. The lowest BCUT2D eigenvalue weighted by Crippen LogP contribution is -1.83. The highest BCUT2D eigenvalue weighted by atomic mass is 35.5. The molecule has 0 saturated heterocycles. The quantitative estimate of drug-likeness (QED) is 0.604. The van der Waals surface area contributed by atoms with Gasteiger partial charge in [0.05, 0.1) is 15.2 Å². The highest BCUT2D eigenvalue weighted by molar-refractivity contribution is 7.22. The molecule has 0 saturated carbocycles. The average Bonchev–Trinajstić information content (AvgIpc) is 2.84. The van der Waals surface area contributed by atoms with E-state index in [1.165, 1.54) is 29.2 Å². The molecule has 1 aromatic heterocycles. The van der Waals surface area contributed by atoms with Gasteiger partial charge in [0.15, 0.2) is 0 Å². The largest absolute Gasteiger partial charge is 0.506 e. The van der Waals surface area contributed by atoms with Crippen LogP contribution in [0.15, 0.2) is 29.3 Å². The number of thiazole rings is 1. The van der Waals surface area contributed by atoms with Crippen LogP contribution in [0.2, 0.25) is 10.0 Å². The molecule has 0 radical (unpaired) electrons. The van der Waals surface area contributed by atoms with Crippen LogP contribution in [0.1, 0.15) is 16.7 Å². The van der Waals surface area contributed by atoms with Crippen molar-refractivity contribution in [2.24, 2.45) is 4.99 Å². The van der Waals surface area contributed by atoms with E-state index in [9.17, 15) is 5.11 Å². The van der Waals surface area contributed by atoms with Crippen LogP contribution in [0.4, 0.5) is 5.13 Å². The van der Waals surface area contributed by atoms with Gasteiger partial charge >= 0.3 is 0 Å². The van der Waals surface area contributed by atoms with Crippen molar-refractivity contribution in [2.75, 3.05) is 0 Å². The molecule has 0 spiro atoms. The molecule has 1 heterocycles. The number of halogens is 2. The van der Waals surface area contributed by atoms with Crippen molar-refractivity contribution in [3.63, 3.8) is 0 Å². The minimum absolute atomic E-state index is 0.0389. The summed E-state index contributed by atoms with van der Waals surface area (Å²) >= 11 is 13.3. The number of aliphatic imine (C=N–C) groups is 1. The SMILES string of the molecule is Cc1cc(C)c2nc(/N=C/c3cc(Cl)cc(Cl)c3O)sc2c1. The third-order valence-corrected chi connectivity index (χ3v) is 4.61. The summed E-state index contributed by atoms with van der Waals surface area (Å²) in [4.78, 5) is 8.85. The number of rotatable bonds is 2. The maximum atomic E-state index is 9.92. The second-order valence-corrected chi connectivity index (χ2v) is 6.86. The molecule has 112 valence electrons.